The number of nitrogens with one attached hydrogen (secondary N) is 2. The van der Waals surface area contributed by atoms with Gasteiger partial charge in [0.25, 0.3) is 0 Å². The molecule has 0 aliphatic carbocycles. The SMILES string of the molecule is CN=C(NCCCOCC1CCOC1)NCc1cccc(Cn2cccn2)c1.I. The highest BCUT2D eigenvalue weighted by molar-refractivity contribution is 14.0. The van der Waals surface area contributed by atoms with Crippen LogP contribution in [0.15, 0.2) is 47.7 Å². The number of ether oxygens (including phenoxy) is 2. The first-order chi connectivity index (χ1) is 13.8. The Morgan fingerprint density at radius 3 is 2.97 bits per heavy atom. The van der Waals surface area contributed by atoms with E-state index in [0.29, 0.717) is 5.92 Å². The Hall–Kier alpha value is -1.65. The van der Waals surface area contributed by atoms with E-state index in [-0.39, 0.29) is 24.0 Å². The van der Waals surface area contributed by atoms with E-state index in [4.69, 9.17) is 9.47 Å². The molecule has 0 bridgehead atoms. The molecule has 3 rings (SSSR count). The fourth-order valence-corrected chi connectivity index (χ4v) is 3.17. The van der Waals surface area contributed by atoms with Crippen LogP contribution in [0.3, 0.4) is 0 Å². The van der Waals surface area contributed by atoms with Gasteiger partial charge < -0.3 is 20.1 Å². The van der Waals surface area contributed by atoms with Crippen LogP contribution in [-0.2, 0) is 22.6 Å². The van der Waals surface area contributed by atoms with Gasteiger partial charge in [0.2, 0.25) is 0 Å². The maximum atomic E-state index is 5.73. The van der Waals surface area contributed by atoms with Gasteiger partial charge in [-0.05, 0) is 30.0 Å². The summed E-state index contributed by atoms with van der Waals surface area (Å²) in [5.74, 6) is 1.38. The maximum absolute atomic E-state index is 5.73. The standard InChI is InChI=1S/C21H31N5O2.HI/c1-22-21(23-8-4-11-27-16-20-7-12-28-17-20)24-14-18-5-2-6-19(13-18)15-26-10-3-9-25-26;/h2-3,5-6,9-10,13,20H,4,7-8,11-12,14-17H2,1H3,(H2,22,23,24);1H. The van der Waals surface area contributed by atoms with Gasteiger partial charge in [-0.2, -0.15) is 5.10 Å². The Balaban J connectivity index is 0.00000300. The second kappa shape index (κ2) is 13.6. The van der Waals surface area contributed by atoms with Gasteiger partial charge >= 0.3 is 0 Å². The van der Waals surface area contributed by atoms with E-state index in [0.717, 1.165) is 64.9 Å². The molecule has 2 aromatic rings. The molecule has 1 atom stereocenters. The van der Waals surface area contributed by atoms with Crippen molar-refractivity contribution in [3.63, 3.8) is 0 Å². The van der Waals surface area contributed by atoms with E-state index in [1.54, 1.807) is 13.2 Å². The summed E-state index contributed by atoms with van der Waals surface area (Å²) in [6.45, 7) is 5.63. The van der Waals surface area contributed by atoms with Crippen LogP contribution >= 0.6 is 24.0 Å². The second-order valence-corrected chi connectivity index (χ2v) is 7.03. The molecule has 2 N–H and O–H groups in total. The van der Waals surface area contributed by atoms with Crippen molar-refractivity contribution >= 4 is 29.9 Å². The van der Waals surface area contributed by atoms with Crippen LogP contribution in [-0.4, -0.2) is 55.8 Å². The summed E-state index contributed by atoms with van der Waals surface area (Å²) >= 11 is 0. The third-order valence-corrected chi connectivity index (χ3v) is 4.71. The minimum absolute atomic E-state index is 0. The number of aromatic nitrogens is 2. The van der Waals surface area contributed by atoms with Crippen LogP contribution in [0.25, 0.3) is 0 Å². The Morgan fingerprint density at radius 2 is 2.21 bits per heavy atom. The van der Waals surface area contributed by atoms with Crippen LogP contribution in [0.4, 0.5) is 0 Å². The third kappa shape index (κ3) is 8.71. The second-order valence-electron chi connectivity index (χ2n) is 7.03. The molecule has 29 heavy (non-hydrogen) atoms. The number of nitrogens with zero attached hydrogens (tertiary/aromatic N) is 3. The lowest BCUT2D eigenvalue weighted by atomic mass is 10.1. The lowest BCUT2D eigenvalue weighted by molar-refractivity contribution is 0.0888. The van der Waals surface area contributed by atoms with Gasteiger partial charge in [0.1, 0.15) is 0 Å². The van der Waals surface area contributed by atoms with Crippen molar-refractivity contribution in [2.75, 3.05) is 40.0 Å². The zero-order chi connectivity index (χ0) is 19.4. The molecule has 1 aliphatic heterocycles. The molecule has 0 saturated carbocycles. The molecule has 1 aromatic heterocycles. The van der Waals surface area contributed by atoms with Gasteiger partial charge in [-0.3, -0.25) is 9.67 Å². The molecule has 7 nitrogen and oxygen atoms in total. The summed E-state index contributed by atoms with van der Waals surface area (Å²) in [6, 6.07) is 10.5. The van der Waals surface area contributed by atoms with E-state index >= 15 is 0 Å². The fraction of sp³-hybridized carbons (Fsp3) is 0.524. The van der Waals surface area contributed by atoms with Crippen molar-refractivity contribution in [1.29, 1.82) is 0 Å². The molecular formula is C21H32IN5O2. The zero-order valence-electron chi connectivity index (χ0n) is 17.0. The Kier molecular flexibility index (Phi) is 11.0. The van der Waals surface area contributed by atoms with Crippen molar-refractivity contribution in [2.24, 2.45) is 10.9 Å². The molecule has 0 amide bonds. The predicted octanol–water partition coefficient (Wildman–Crippen LogP) is 2.66. The molecule has 1 saturated heterocycles. The lowest BCUT2D eigenvalue weighted by Gasteiger charge is -2.13. The quantitative estimate of drug-likeness (QED) is 0.221. The number of aliphatic imine (C=N–C) groups is 1. The summed E-state index contributed by atoms with van der Waals surface area (Å²) in [5, 5.41) is 11.0. The highest BCUT2D eigenvalue weighted by atomic mass is 127. The largest absolute Gasteiger partial charge is 0.381 e. The first-order valence-corrected chi connectivity index (χ1v) is 9.99. The Bertz CT molecular complexity index is 718. The van der Waals surface area contributed by atoms with Gasteiger partial charge in [-0.1, -0.05) is 24.3 Å². The van der Waals surface area contributed by atoms with Crippen LogP contribution < -0.4 is 10.6 Å². The highest BCUT2D eigenvalue weighted by Crippen LogP contribution is 2.12. The number of hydrogen-bond donors (Lipinski definition) is 2. The highest BCUT2D eigenvalue weighted by Gasteiger charge is 2.15. The summed E-state index contributed by atoms with van der Waals surface area (Å²) in [7, 11) is 1.79. The Morgan fingerprint density at radius 1 is 1.31 bits per heavy atom. The average molecular weight is 513 g/mol. The molecule has 0 spiro atoms. The normalized spacial score (nSPS) is 16.4. The van der Waals surface area contributed by atoms with Gasteiger partial charge in [-0.15, -0.1) is 24.0 Å². The van der Waals surface area contributed by atoms with Crippen LogP contribution in [0.2, 0.25) is 0 Å². The van der Waals surface area contributed by atoms with Crippen LogP contribution in [0.1, 0.15) is 24.0 Å². The minimum atomic E-state index is 0. The van der Waals surface area contributed by atoms with Crippen LogP contribution in [0, 0.1) is 5.92 Å². The third-order valence-electron chi connectivity index (χ3n) is 4.71. The molecule has 1 aliphatic rings. The summed E-state index contributed by atoms with van der Waals surface area (Å²) in [6.07, 6.45) is 5.85. The number of rotatable bonds is 10. The smallest absolute Gasteiger partial charge is 0.191 e. The summed E-state index contributed by atoms with van der Waals surface area (Å²) < 4.78 is 13.0. The molecule has 8 heteroatoms. The first kappa shape index (κ1) is 23.6. The molecule has 1 fully saturated rings. The zero-order valence-corrected chi connectivity index (χ0v) is 19.4. The van der Waals surface area contributed by atoms with E-state index in [2.05, 4.69) is 45.0 Å². The van der Waals surface area contributed by atoms with E-state index in [9.17, 15) is 0 Å². The molecular weight excluding hydrogens is 481 g/mol. The molecule has 1 aromatic carbocycles. The van der Waals surface area contributed by atoms with Gasteiger partial charge in [0, 0.05) is 51.7 Å². The van der Waals surface area contributed by atoms with Crippen molar-refractivity contribution in [2.45, 2.75) is 25.9 Å². The van der Waals surface area contributed by atoms with Gasteiger partial charge in [-0.25, -0.2) is 0 Å². The molecule has 2 heterocycles. The molecule has 1 unspecified atom stereocenters. The van der Waals surface area contributed by atoms with Crippen molar-refractivity contribution < 1.29 is 9.47 Å². The van der Waals surface area contributed by atoms with Crippen molar-refractivity contribution in [3.8, 4) is 0 Å². The minimum Gasteiger partial charge on any atom is -0.381 e. The topological polar surface area (TPSA) is 72.7 Å². The van der Waals surface area contributed by atoms with E-state index in [1.807, 2.05) is 16.9 Å². The molecule has 160 valence electrons. The molecule has 0 radical (unpaired) electrons. The monoisotopic (exact) mass is 513 g/mol. The lowest BCUT2D eigenvalue weighted by Crippen LogP contribution is -2.37. The predicted molar refractivity (Wildman–Crippen MR) is 126 cm³/mol. The van der Waals surface area contributed by atoms with Crippen molar-refractivity contribution in [1.82, 2.24) is 20.4 Å². The first-order valence-electron chi connectivity index (χ1n) is 9.99. The maximum Gasteiger partial charge on any atom is 0.191 e. The average Bonchev–Trinajstić information content (AvgIpc) is 3.41. The van der Waals surface area contributed by atoms with E-state index < -0.39 is 0 Å². The Labute approximate surface area is 190 Å². The van der Waals surface area contributed by atoms with Crippen molar-refractivity contribution in [3.05, 3.63) is 53.9 Å². The number of benzene rings is 1. The number of halogens is 1. The number of guanidine groups is 1. The number of hydrogen-bond acceptors (Lipinski definition) is 4. The van der Waals surface area contributed by atoms with Gasteiger partial charge in [0.05, 0.1) is 19.8 Å². The van der Waals surface area contributed by atoms with Crippen LogP contribution in [0.5, 0.6) is 0 Å². The summed E-state index contributed by atoms with van der Waals surface area (Å²) in [4.78, 5) is 4.29. The van der Waals surface area contributed by atoms with E-state index in [1.165, 1.54) is 11.1 Å². The van der Waals surface area contributed by atoms with Gasteiger partial charge in [0.15, 0.2) is 5.96 Å². The summed E-state index contributed by atoms with van der Waals surface area (Å²) in [5.41, 5.74) is 2.45. The fourth-order valence-electron chi connectivity index (χ4n) is 3.17.